The fraction of sp³-hybridized carbons (Fsp3) is 0.239. The molecule has 0 aromatic heterocycles. The van der Waals surface area contributed by atoms with Crippen molar-refractivity contribution in [1.29, 1.82) is 0 Å². The molecule has 0 saturated carbocycles. The van der Waals surface area contributed by atoms with Crippen molar-refractivity contribution in [3.63, 3.8) is 0 Å². The Morgan fingerprint density at radius 1 is 0.268 bits per heavy atom. The lowest BCUT2D eigenvalue weighted by atomic mass is 9.75. The van der Waals surface area contributed by atoms with Crippen LogP contribution >= 0.6 is 0 Å². The predicted molar refractivity (Wildman–Crippen MR) is 311 cm³/mol. The van der Waals surface area contributed by atoms with Gasteiger partial charge >= 0.3 is 0 Å². The first kappa shape index (κ1) is 47.6. The van der Waals surface area contributed by atoms with Gasteiger partial charge in [-0.25, -0.2) is 0 Å². The average Bonchev–Trinajstić information content (AvgIpc) is 3.37. The highest BCUT2D eigenvalue weighted by Gasteiger charge is 2.28. The number of rotatable bonds is 9. The molecule has 0 fully saturated rings. The minimum Gasteiger partial charge on any atom is -0.0622 e. The van der Waals surface area contributed by atoms with Crippen LogP contribution < -0.4 is 0 Å². The summed E-state index contributed by atoms with van der Waals surface area (Å²) in [5, 5.41) is 7.72. The molecule has 0 aliphatic rings. The largest absolute Gasteiger partial charge is 0.0622 e. The second-order valence-electron chi connectivity index (χ2n) is 23.1. The summed E-state index contributed by atoms with van der Waals surface area (Å²) in [6.45, 7) is 27.8. The molecule has 0 N–H and O–H groups in total. The summed E-state index contributed by atoms with van der Waals surface area (Å²) in [4.78, 5) is 0. The lowest BCUT2D eigenvalue weighted by molar-refractivity contribution is 0.590. The molecule has 10 rings (SSSR count). The number of hydrogen-bond donors (Lipinski definition) is 0. The van der Waals surface area contributed by atoms with E-state index in [0.717, 1.165) is 0 Å². The van der Waals surface area contributed by atoms with Gasteiger partial charge in [0.15, 0.2) is 0 Å². The smallest absolute Gasteiger partial charge is 0.000139 e. The van der Waals surface area contributed by atoms with E-state index in [9.17, 15) is 0 Å². The first-order valence-corrected chi connectivity index (χ1v) is 26.1. The first-order valence-electron chi connectivity index (χ1n) is 26.1. The van der Waals surface area contributed by atoms with Gasteiger partial charge in [0.05, 0.1) is 0 Å². The van der Waals surface area contributed by atoms with Gasteiger partial charge in [0.1, 0.15) is 0 Å². The van der Waals surface area contributed by atoms with Crippen LogP contribution in [0.25, 0.3) is 99.1 Å². The minimum atomic E-state index is 0.0942. The highest BCUT2D eigenvalue weighted by Crippen LogP contribution is 2.55. The summed E-state index contributed by atoms with van der Waals surface area (Å²) < 4.78 is 0. The van der Waals surface area contributed by atoms with Crippen LogP contribution in [0.3, 0.4) is 0 Å². The average molecular weight is 923 g/mol. The standard InChI is InChI=1S/C71H70/c1-44(2)55-35-40-58-61(41-55)66(53-27-23-47(24-28-53)49-31-36-56(37-32-49)70(7,8)9)69-65(52-21-17-14-18-22-52)62-42-59(45(3)4)60(46(5)6)43-63(62)67(68(69)64(58)51-19-15-13-16-20-51)54-29-25-48(26-30-54)50-33-38-57(39-34-50)71(10,11)12/h13-46H,1-12H3. The van der Waals surface area contributed by atoms with Crippen molar-refractivity contribution in [2.75, 3.05) is 0 Å². The van der Waals surface area contributed by atoms with Crippen LogP contribution in [0.1, 0.15) is 129 Å². The molecule has 0 aliphatic heterocycles. The third-order valence-corrected chi connectivity index (χ3v) is 15.1. The van der Waals surface area contributed by atoms with Gasteiger partial charge in [-0.15, -0.1) is 0 Å². The summed E-state index contributed by atoms with van der Waals surface area (Å²) in [5.41, 5.74) is 22.0. The van der Waals surface area contributed by atoms with E-state index in [1.54, 1.807) is 0 Å². The summed E-state index contributed by atoms with van der Waals surface area (Å²) in [7, 11) is 0. The van der Waals surface area contributed by atoms with Crippen molar-refractivity contribution < 1.29 is 0 Å². The molecule has 10 aromatic carbocycles. The van der Waals surface area contributed by atoms with Gasteiger partial charge in [-0.3, -0.25) is 0 Å². The van der Waals surface area contributed by atoms with E-state index in [4.69, 9.17) is 0 Å². The number of fused-ring (bicyclic) bond motifs is 3. The molecule has 0 amide bonds. The molecule has 0 aliphatic carbocycles. The Hall–Kier alpha value is -7.02. The van der Waals surface area contributed by atoms with Crippen LogP contribution in [0.5, 0.6) is 0 Å². The molecule has 0 spiro atoms. The zero-order valence-electron chi connectivity index (χ0n) is 44.1. The van der Waals surface area contributed by atoms with Gasteiger partial charge in [0.25, 0.3) is 0 Å². The molecule has 0 atom stereocenters. The zero-order chi connectivity index (χ0) is 49.9. The lowest BCUT2D eigenvalue weighted by Crippen LogP contribution is -2.10. The molecule has 0 saturated heterocycles. The number of benzene rings is 10. The highest BCUT2D eigenvalue weighted by atomic mass is 14.3. The maximum atomic E-state index is 2.58. The van der Waals surface area contributed by atoms with E-state index in [2.05, 4.69) is 271 Å². The SMILES string of the molecule is CC(C)c1ccc2c(-c3ccccc3)c3c(-c4ccc(-c5ccc(C(C)(C)C)cc5)cc4)c4cc(C(C)C)c(C(C)C)cc4c(-c4ccccc4)c3c(-c3ccc(-c4ccc(C(C)(C)C)cc4)cc3)c2c1. The van der Waals surface area contributed by atoms with E-state index < -0.39 is 0 Å². The monoisotopic (exact) mass is 923 g/mol. The fourth-order valence-electron chi connectivity index (χ4n) is 11.1. The Morgan fingerprint density at radius 2 is 0.563 bits per heavy atom. The summed E-state index contributed by atoms with van der Waals surface area (Å²) >= 11 is 0. The second-order valence-corrected chi connectivity index (χ2v) is 23.1. The van der Waals surface area contributed by atoms with Gasteiger partial charge in [-0.2, -0.15) is 0 Å². The van der Waals surface area contributed by atoms with Gasteiger partial charge in [-0.1, -0.05) is 259 Å². The van der Waals surface area contributed by atoms with Crippen LogP contribution in [-0.2, 0) is 10.8 Å². The number of hydrogen-bond acceptors (Lipinski definition) is 0. The summed E-state index contributed by atoms with van der Waals surface area (Å²) in [5.74, 6) is 1.05. The molecule has 0 radical (unpaired) electrons. The van der Waals surface area contributed by atoms with Gasteiger partial charge < -0.3 is 0 Å². The van der Waals surface area contributed by atoms with E-state index in [0.29, 0.717) is 17.8 Å². The van der Waals surface area contributed by atoms with Crippen molar-refractivity contribution in [3.8, 4) is 66.8 Å². The van der Waals surface area contributed by atoms with Gasteiger partial charge in [0, 0.05) is 0 Å². The molecule has 0 nitrogen and oxygen atoms in total. The predicted octanol–water partition coefficient (Wildman–Crippen LogP) is 21.1. The Bertz CT molecular complexity index is 3530. The molecule has 0 bridgehead atoms. The van der Waals surface area contributed by atoms with Crippen molar-refractivity contribution in [1.82, 2.24) is 0 Å². The molecule has 0 heteroatoms. The molecular weight excluding hydrogens is 853 g/mol. The van der Waals surface area contributed by atoms with Crippen molar-refractivity contribution >= 4 is 32.3 Å². The molecule has 354 valence electrons. The quantitative estimate of drug-likeness (QED) is 0.127. The molecular formula is C71H70. The van der Waals surface area contributed by atoms with Crippen LogP contribution in [0.2, 0.25) is 0 Å². The van der Waals surface area contributed by atoms with E-state index in [1.165, 1.54) is 127 Å². The Kier molecular flexibility index (Phi) is 12.5. The topological polar surface area (TPSA) is 0 Å². The second kappa shape index (κ2) is 18.6. The van der Waals surface area contributed by atoms with Crippen LogP contribution in [-0.4, -0.2) is 0 Å². The molecule has 0 heterocycles. The van der Waals surface area contributed by atoms with Crippen molar-refractivity contribution in [2.45, 2.75) is 112 Å². The van der Waals surface area contributed by atoms with Crippen molar-refractivity contribution in [2.24, 2.45) is 0 Å². The van der Waals surface area contributed by atoms with Crippen LogP contribution in [0.4, 0.5) is 0 Å². The van der Waals surface area contributed by atoms with Gasteiger partial charge in [0.2, 0.25) is 0 Å². The zero-order valence-corrected chi connectivity index (χ0v) is 44.1. The Morgan fingerprint density at radius 3 is 0.887 bits per heavy atom. The molecule has 71 heavy (non-hydrogen) atoms. The van der Waals surface area contributed by atoms with E-state index in [-0.39, 0.29) is 10.8 Å². The highest BCUT2D eigenvalue weighted by molar-refractivity contribution is 6.34. The Labute approximate surface area is 424 Å². The molecule has 10 aromatic rings. The van der Waals surface area contributed by atoms with Crippen LogP contribution in [0.15, 0.2) is 188 Å². The van der Waals surface area contributed by atoms with E-state index in [1.807, 2.05) is 0 Å². The van der Waals surface area contributed by atoms with Gasteiger partial charge in [-0.05, 0) is 168 Å². The summed E-state index contributed by atoms with van der Waals surface area (Å²) in [6, 6.07) is 72.3. The van der Waals surface area contributed by atoms with Crippen molar-refractivity contribution in [3.05, 3.63) is 216 Å². The minimum absolute atomic E-state index is 0.0942. The van der Waals surface area contributed by atoms with Crippen LogP contribution in [0, 0.1) is 0 Å². The molecule has 0 unspecified atom stereocenters. The maximum Gasteiger partial charge on any atom is -0.000139 e. The Balaban J connectivity index is 1.40. The first-order chi connectivity index (χ1) is 34.0. The third kappa shape index (κ3) is 8.93. The maximum absolute atomic E-state index is 2.58. The summed E-state index contributed by atoms with van der Waals surface area (Å²) in [6.07, 6.45) is 0. The fourth-order valence-corrected chi connectivity index (χ4v) is 11.1. The lowest BCUT2D eigenvalue weighted by Gasteiger charge is -2.27. The third-order valence-electron chi connectivity index (χ3n) is 15.1. The normalized spacial score (nSPS) is 12.3. The van der Waals surface area contributed by atoms with E-state index >= 15 is 0 Å².